The van der Waals surface area contributed by atoms with Gasteiger partial charge in [-0.15, -0.1) is 0 Å². The molecule has 16 N–H and O–H groups in total. The lowest BCUT2D eigenvalue weighted by molar-refractivity contribution is -0.143. The van der Waals surface area contributed by atoms with E-state index in [-0.39, 0.29) is 6.42 Å². The molecule has 1 heterocycles. The van der Waals surface area contributed by atoms with Crippen LogP contribution in [-0.4, -0.2) is 158 Å². The van der Waals surface area contributed by atoms with Crippen molar-refractivity contribution in [3.63, 3.8) is 0 Å². The van der Waals surface area contributed by atoms with Gasteiger partial charge in [-0.2, -0.15) is 0 Å². The number of aromatic amines is 1. The molecule has 6 atom stereocenters. The number of carbonyl (C=O) groups excluding carboxylic acids is 8. The lowest BCUT2D eigenvalue weighted by Gasteiger charge is -2.23. The van der Waals surface area contributed by atoms with Gasteiger partial charge in [0.25, 0.3) is 0 Å². The van der Waals surface area contributed by atoms with Crippen LogP contribution < -0.4 is 48.3 Å². The molecule has 0 saturated carbocycles. The number of nitrogens with one attached hydrogen (secondary N) is 9. The molecule has 0 bridgehead atoms. The number of phosphoric ester groups is 1. The van der Waals surface area contributed by atoms with Crippen LogP contribution in [0.4, 0.5) is 0 Å². The molecule has 0 aliphatic heterocycles. The molecule has 6 unspecified atom stereocenters. The summed E-state index contributed by atoms with van der Waals surface area (Å²) in [6, 6.07) is -1.97. The molecule has 0 spiro atoms. The first kappa shape index (κ1) is 53.1. The second-order valence-electron chi connectivity index (χ2n) is 13.8. The average molecular weight is 929 g/mol. The number of carboxylic acid groups (broad SMARTS) is 3. The van der Waals surface area contributed by atoms with Crippen molar-refractivity contribution in [2.45, 2.75) is 75.8 Å². The minimum atomic E-state index is -5.27. The molecule has 29 heteroatoms. The van der Waals surface area contributed by atoms with E-state index in [4.69, 9.17) is 20.6 Å². The number of amides is 8. The van der Waals surface area contributed by atoms with Gasteiger partial charge in [-0.25, -0.2) is 9.36 Å². The Morgan fingerprint density at radius 1 is 0.672 bits per heavy atom. The van der Waals surface area contributed by atoms with Gasteiger partial charge in [-0.1, -0.05) is 18.2 Å². The van der Waals surface area contributed by atoms with E-state index in [0.29, 0.717) is 0 Å². The highest BCUT2D eigenvalue weighted by Crippen LogP contribution is 2.35. The van der Waals surface area contributed by atoms with Crippen LogP contribution in [0.2, 0.25) is 0 Å². The van der Waals surface area contributed by atoms with E-state index >= 15 is 0 Å². The summed E-state index contributed by atoms with van der Waals surface area (Å²) < 4.78 is 15.6. The van der Waals surface area contributed by atoms with E-state index in [1.807, 2.05) is 45.5 Å². The molecule has 2 aromatic rings. The number of hydrogen-bond acceptors (Lipinski definition) is 14. The van der Waals surface area contributed by atoms with Crippen LogP contribution in [0.5, 0.6) is 0 Å². The van der Waals surface area contributed by atoms with Crippen molar-refractivity contribution in [2.75, 3.05) is 26.2 Å². The maximum atomic E-state index is 13.0. The van der Waals surface area contributed by atoms with Crippen LogP contribution in [0.3, 0.4) is 0 Å². The highest BCUT2D eigenvalue weighted by Gasteiger charge is 2.31. The normalized spacial score (nSPS) is 13.9. The van der Waals surface area contributed by atoms with Crippen LogP contribution in [0.1, 0.15) is 38.7 Å². The molecule has 0 saturated heterocycles. The molecule has 0 radical (unpaired) electrons. The van der Waals surface area contributed by atoms with E-state index in [1.54, 1.807) is 6.20 Å². The van der Waals surface area contributed by atoms with E-state index in [2.05, 4.69) is 30.8 Å². The molecule has 2 rings (SSSR count). The number of benzene rings is 1. The average Bonchev–Trinajstić information content (AvgIpc) is 3.62. The summed E-state index contributed by atoms with van der Waals surface area (Å²) >= 11 is 0. The van der Waals surface area contributed by atoms with Gasteiger partial charge in [0.15, 0.2) is 0 Å². The zero-order valence-corrected chi connectivity index (χ0v) is 35.0. The summed E-state index contributed by atoms with van der Waals surface area (Å²) in [5, 5.41) is 45.0. The maximum absolute atomic E-state index is 13.0. The van der Waals surface area contributed by atoms with E-state index in [9.17, 15) is 67.5 Å². The first-order valence-electron chi connectivity index (χ1n) is 18.9. The monoisotopic (exact) mass is 928 g/mol. The Kier molecular flexibility index (Phi) is 20.9. The summed E-state index contributed by atoms with van der Waals surface area (Å²) in [5.74, 6) is -13.0. The number of para-hydroxylation sites is 1. The van der Waals surface area contributed by atoms with Crippen molar-refractivity contribution >= 4 is 83.9 Å². The molecule has 1 aromatic carbocycles. The second kappa shape index (κ2) is 25.2. The molecular weight excluding hydrogens is 879 g/mol. The van der Waals surface area contributed by atoms with Gasteiger partial charge in [0, 0.05) is 23.5 Å². The summed E-state index contributed by atoms with van der Waals surface area (Å²) in [5.41, 5.74) is 7.67. The van der Waals surface area contributed by atoms with Crippen molar-refractivity contribution in [1.29, 1.82) is 0 Å². The van der Waals surface area contributed by atoms with Gasteiger partial charge < -0.3 is 78.4 Å². The predicted octanol–water partition coefficient (Wildman–Crippen LogP) is -5.62. The van der Waals surface area contributed by atoms with Gasteiger partial charge in [0.1, 0.15) is 30.2 Å². The summed E-state index contributed by atoms with van der Waals surface area (Å²) in [7, 11) is -5.27. The lowest BCUT2D eigenvalue weighted by atomic mass is 10.0. The molecule has 1 aromatic heterocycles. The number of aliphatic carboxylic acids is 3. The van der Waals surface area contributed by atoms with Crippen molar-refractivity contribution in [2.24, 2.45) is 5.73 Å². The molecule has 0 aliphatic carbocycles. The summed E-state index contributed by atoms with van der Waals surface area (Å²) in [6.45, 7) is -1.35. The predicted molar refractivity (Wildman–Crippen MR) is 215 cm³/mol. The highest BCUT2D eigenvalue weighted by atomic mass is 31.2. The molecule has 8 amide bonds. The Balaban J connectivity index is 1.90. The van der Waals surface area contributed by atoms with Gasteiger partial charge in [0.05, 0.1) is 38.7 Å². The molecule has 0 fully saturated rings. The SMILES string of the molecule is CC(NC(=O)C(N)Cc1c[nH]c2ccccc12)C(=O)NCC(=O)NCC(=O)NC(CC(=O)O)C(=O)NC(C)C(=O)NC(COP(=O)(O)O)C(=O)NCC(=O)NC(CCC(=O)O)C(=O)O. The van der Waals surface area contributed by atoms with Gasteiger partial charge in [-0.05, 0) is 38.3 Å². The topological polar surface area (TPSA) is 453 Å². The fourth-order valence-electron chi connectivity index (χ4n) is 5.30. The third-order valence-electron chi connectivity index (χ3n) is 8.60. The van der Waals surface area contributed by atoms with Gasteiger partial charge >= 0.3 is 25.7 Å². The van der Waals surface area contributed by atoms with E-state index < -0.39 is 155 Å². The Bertz CT molecular complexity index is 2130. The van der Waals surface area contributed by atoms with E-state index in [0.717, 1.165) is 23.4 Å². The Hall–Kier alpha value is -7.00. The Morgan fingerprint density at radius 2 is 1.23 bits per heavy atom. The number of carbonyl (C=O) groups is 11. The number of phosphoric acid groups is 1. The van der Waals surface area contributed by atoms with Crippen LogP contribution >= 0.6 is 7.82 Å². The summed E-state index contributed by atoms with van der Waals surface area (Å²) in [4.78, 5) is 156. The van der Waals surface area contributed by atoms with Crippen molar-refractivity contribution < 1.29 is 86.9 Å². The number of hydrogen-bond donors (Lipinski definition) is 15. The first-order chi connectivity index (χ1) is 29.9. The number of nitrogens with two attached hydrogens (primary N) is 1. The molecule has 28 nitrogen and oxygen atoms in total. The number of H-pyrrole nitrogens is 1. The maximum Gasteiger partial charge on any atom is 0.469 e. The Morgan fingerprint density at radius 3 is 1.84 bits per heavy atom. The van der Waals surface area contributed by atoms with Crippen LogP contribution in [0.25, 0.3) is 10.9 Å². The molecule has 64 heavy (non-hydrogen) atoms. The summed E-state index contributed by atoms with van der Waals surface area (Å²) in [6.07, 6.45) is -0.327. The van der Waals surface area contributed by atoms with E-state index in [1.165, 1.54) is 6.92 Å². The number of rotatable bonds is 27. The van der Waals surface area contributed by atoms with Gasteiger partial charge in [-0.3, -0.25) is 52.5 Å². The van der Waals surface area contributed by atoms with Gasteiger partial charge in [0.2, 0.25) is 47.3 Å². The number of fused-ring (bicyclic) bond motifs is 1. The quantitative estimate of drug-likeness (QED) is 0.0371. The largest absolute Gasteiger partial charge is 0.481 e. The number of carboxylic acids is 3. The van der Waals surface area contributed by atoms with Crippen LogP contribution in [-0.2, 0) is 68.2 Å². The van der Waals surface area contributed by atoms with Crippen molar-refractivity contribution in [3.8, 4) is 0 Å². The van der Waals surface area contributed by atoms with Crippen molar-refractivity contribution in [3.05, 3.63) is 36.0 Å². The van der Waals surface area contributed by atoms with Crippen LogP contribution in [0.15, 0.2) is 30.5 Å². The molecule has 0 aliphatic rings. The first-order valence-corrected chi connectivity index (χ1v) is 20.4. The smallest absolute Gasteiger partial charge is 0.469 e. The minimum absolute atomic E-state index is 0.158. The van der Waals surface area contributed by atoms with Crippen LogP contribution in [0, 0.1) is 0 Å². The third-order valence-corrected chi connectivity index (χ3v) is 9.09. The molecule has 352 valence electrons. The second-order valence-corrected chi connectivity index (χ2v) is 15.0. The fourth-order valence-corrected chi connectivity index (χ4v) is 5.64. The minimum Gasteiger partial charge on any atom is -0.481 e. The van der Waals surface area contributed by atoms with Crippen molar-refractivity contribution in [1.82, 2.24) is 47.5 Å². The zero-order valence-electron chi connectivity index (χ0n) is 34.1. The number of aromatic nitrogens is 1. The Labute approximate surface area is 361 Å². The lowest BCUT2D eigenvalue weighted by Crippen LogP contribution is -2.58. The zero-order chi connectivity index (χ0) is 48.3. The molecular formula is C35H49N10O18P. The highest BCUT2D eigenvalue weighted by molar-refractivity contribution is 7.46. The fraction of sp³-hybridized carbons (Fsp3) is 0.457. The standard InChI is InChI=1S/C35H49N10O18P/c1-16(41-32(55)20(36)9-18-11-37-21-6-4-3-5-19(18)21)30(53)39-12-25(46)38-13-26(47)44-23(10-29(51)52)34(57)42-17(2)31(54)45-24(15-63-64(60,61)62)33(56)40-14-27(48)43-22(35(58)59)7-8-28(49)50/h3-6,11,16-17,20,22-24,37H,7-10,12-15,36H2,1-2H3,(H,38,46)(H,39,53)(H,40,56)(H,41,55)(H,42,57)(H,43,48)(H,44,47)(H,45,54)(H,49,50)(H,51,52)(H,58,59)(H2,60,61,62). The third kappa shape index (κ3) is 19.4.